The Morgan fingerprint density at radius 1 is 1.22 bits per heavy atom. The first-order valence-electron chi connectivity index (χ1n) is 8.62. The third kappa shape index (κ3) is 5.14. The number of carbonyl (C=O) groups is 1. The second-order valence-corrected chi connectivity index (χ2v) is 7.75. The Labute approximate surface area is 192 Å². The molecule has 1 aromatic carbocycles. The quantitative estimate of drug-likeness (QED) is 0.372. The Kier molecular flexibility index (Phi) is 6.67. The van der Waals surface area contributed by atoms with Crippen molar-refractivity contribution < 1.29 is 22.9 Å². The molecule has 1 amide bonds. The second-order valence-electron chi connectivity index (χ2n) is 6.50. The van der Waals surface area contributed by atoms with Crippen LogP contribution in [0.15, 0.2) is 24.4 Å². The summed E-state index contributed by atoms with van der Waals surface area (Å²) in [6, 6.07) is 4.87. The van der Waals surface area contributed by atoms with Crippen LogP contribution in [0.4, 0.5) is 24.7 Å². The van der Waals surface area contributed by atoms with Crippen molar-refractivity contribution in [1.29, 1.82) is 0 Å². The molecule has 0 unspecified atom stereocenters. The Morgan fingerprint density at radius 2 is 1.91 bits per heavy atom. The van der Waals surface area contributed by atoms with Crippen LogP contribution in [-0.4, -0.2) is 30.4 Å². The zero-order valence-corrected chi connectivity index (χ0v) is 18.2. The molecule has 0 radical (unpaired) electrons. The van der Waals surface area contributed by atoms with Gasteiger partial charge in [0.05, 0.1) is 11.5 Å². The monoisotopic (exact) mass is 510 g/mol. The van der Waals surface area contributed by atoms with E-state index in [1.807, 2.05) is 0 Å². The van der Waals surface area contributed by atoms with E-state index in [1.165, 1.54) is 10.9 Å². The number of hydrogen-bond acceptors (Lipinski definition) is 5. The molecule has 3 aromatic rings. The topological polar surface area (TPSA) is 108 Å². The number of nitrogens with one attached hydrogen (secondary N) is 1. The number of rotatable bonds is 6. The van der Waals surface area contributed by atoms with Crippen LogP contribution in [-0.2, 0) is 24.1 Å². The van der Waals surface area contributed by atoms with Crippen molar-refractivity contribution in [3.05, 3.63) is 66.5 Å². The van der Waals surface area contributed by atoms with E-state index in [0.29, 0.717) is 20.3 Å². The van der Waals surface area contributed by atoms with Crippen molar-refractivity contribution in [2.24, 2.45) is 0 Å². The van der Waals surface area contributed by atoms with E-state index in [0.717, 1.165) is 6.92 Å². The van der Waals surface area contributed by atoms with Gasteiger partial charge >= 0.3 is 11.9 Å². The Balaban J connectivity index is 1.77. The number of benzene rings is 1. The van der Waals surface area contributed by atoms with Crippen molar-refractivity contribution in [1.82, 2.24) is 19.6 Å². The molecule has 0 bridgehead atoms. The molecule has 32 heavy (non-hydrogen) atoms. The van der Waals surface area contributed by atoms with E-state index in [-0.39, 0.29) is 17.4 Å². The maximum Gasteiger partial charge on any atom is 0.442 e. The molecule has 0 aliphatic rings. The van der Waals surface area contributed by atoms with Gasteiger partial charge in [-0.25, -0.2) is 0 Å². The molecule has 3 rings (SSSR count). The molecule has 0 saturated heterocycles. The minimum absolute atomic E-state index is 0.0579. The number of nitro groups is 1. The highest BCUT2D eigenvalue weighted by atomic mass is 35.5. The standard InChI is InChI=1S/C17H12Cl3F3N6O3/c1-8-14(29(31)32)15(17(21,22)23)25-28(8)7-13(30)24-16-12(20)6-27(26-16)5-9-2-3-10(18)4-11(9)19/h2-4,6H,5,7H2,1H3,(H,24,26,30). The number of hydrogen-bond donors (Lipinski definition) is 1. The average Bonchev–Trinajstić information content (AvgIpc) is 3.17. The summed E-state index contributed by atoms with van der Waals surface area (Å²) < 4.78 is 41.1. The van der Waals surface area contributed by atoms with Gasteiger partial charge < -0.3 is 5.32 Å². The van der Waals surface area contributed by atoms with E-state index in [1.54, 1.807) is 18.2 Å². The highest BCUT2D eigenvalue weighted by Crippen LogP contribution is 2.37. The van der Waals surface area contributed by atoms with Gasteiger partial charge in [0.2, 0.25) is 11.6 Å². The average molecular weight is 512 g/mol. The first kappa shape index (κ1) is 23.8. The van der Waals surface area contributed by atoms with E-state index in [2.05, 4.69) is 15.5 Å². The lowest BCUT2D eigenvalue weighted by atomic mass is 10.2. The minimum atomic E-state index is -5.06. The van der Waals surface area contributed by atoms with Crippen molar-refractivity contribution in [3.63, 3.8) is 0 Å². The van der Waals surface area contributed by atoms with Gasteiger partial charge in [-0.05, 0) is 24.6 Å². The van der Waals surface area contributed by atoms with Gasteiger partial charge in [-0.1, -0.05) is 40.9 Å². The van der Waals surface area contributed by atoms with Crippen molar-refractivity contribution in [3.8, 4) is 0 Å². The first-order chi connectivity index (χ1) is 14.9. The van der Waals surface area contributed by atoms with Crippen LogP contribution in [0.3, 0.4) is 0 Å². The maximum absolute atomic E-state index is 13.0. The predicted molar refractivity (Wildman–Crippen MR) is 110 cm³/mol. The third-order valence-electron chi connectivity index (χ3n) is 4.24. The fourth-order valence-electron chi connectivity index (χ4n) is 2.79. The fraction of sp³-hybridized carbons (Fsp3) is 0.235. The van der Waals surface area contributed by atoms with Crippen LogP contribution in [0.1, 0.15) is 17.0 Å². The first-order valence-corrected chi connectivity index (χ1v) is 9.76. The van der Waals surface area contributed by atoms with Crippen molar-refractivity contribution in [2.75, 3.05) is 5.32 Å². The SMILES string of the molecule is Cc1c([N+](=O)[O-])c(C(F)(F)F)nn1CC(=O)Nc1nn(Cc2ccc(Cl)cc2Cl)cc1Cl. The molecule has 0 aliphatic carbocycles. The maximum atomic E-state index is 13.0. The molecule has 0 fully saturated rings. The molecule has 2 aromatic heterocycles. The molecular weight excluding hydrogens is 500 g/mol. The molecule has 0 aliphatic heterocycles. The van der Waals surface area contributed by atoms with Crippen LogP contribution >= 0.6 is 34.8 Å². The van der Waals surface area contributed by atoms with Crippen molar-refractivity contribution in [2.45, 2.75) is 26.2 Å². The molecular formula is C17H12Cl3F3N6O3. The fourth-order valence-corrected chi connectivity index (χ4v) is 3.46. The number of anilines is 1. The molecule has 9 nitrogen and oxygen atoms in total. The molecule has 0 atom stereocenters. The molecule has 15 heteroatoms. The van der Waals surface area contributed by atoms with Gasteiger partial charge in [0, 0.05) is 16.2 Å². The highest BCUT2D eigenvalue weighted by Gasteiger charge is 2.44. The number of alkyl halides is 3. The lowest BCUT2D eigenvalue weighted by molar-refractivity contribution is -0.388. The normalized spacial score (nSPS) is 11.6. The summed E-state index contributed by atoms with van der Waals surface area (Å²) in [5.74, 6) is -0.895. The molecule has 170 valence electrons. The van der Waals surface area contributed by atoms with E-state index >= 15 is 0 Å². The smallest absolute Gasteiger partial charge is 0.306 e. The Bertz CT molecular complexity index is 1210. The molecule has 0 spiro atoms. The van der Waals surface area contributed by atoms with Gasteiger partial charge in [-0.2, -0.15) is 23.4 Å². The minimum Gasteiger partial charge on any atom is -0.306 e. The zero-order chi connectivity index (χ0) is 23.8. The number of halogens is 6. The summed E-state index contributed by atoms with van der Waals surface area (Å²) in [5.41, 5.74) is -2.65. The molecule has 2 heterocycles. The van der Waals surface area contributed by atoms with Gasteiger partial charge in [-0.3, -0.25) is 24.3 Å². The van der Waals surface area contributed by atoms with Gasteiger partial charge in [-0.15, -0.1) is 0 Å². The van der Waals surface area contributed by atoms with Crippen LogP contribution in [0.25, 0.3) is 0 Å². The summed E-state index contributed by atoms with van der Waals surface area (Å²) in [6.07, 6.45) is -3.65. The highest BCUT2D eigenvalue weighted by molar-refractivity contribution is 6.35. The summed E-state index contributed by atoms with van der Waals surface area (Å²) in [4.78, 5) is 22.1. The number of nitrogens with zero attached hydrogens (tertiary/aromatic N) is 5. The zero-order valence-electron chi connectivity index (χ0n) is 16.0. The number of carbonyl (C=O) groups excluding carboxylic acids is 1. The third-order valence-corrected chi connectivity index (χ3v) is 5.11. The van der Waals surface area contributed by atoms with E-state index < -0.39 is 40.6 Å². The van der Waals surface area contributed by atoms with Gasteiger partial charge in [0.15, 0.2) is 5.82 Å². The Hall–Kier alpha value is -2.83. The van der Waals surface area contributed by atoms with Crippen LogP contribution in [0.5, 0.6) is 0 Å². The largest absolute Gasteiger partial charge is 0.442 e. The Morgan fingerprint density at radius 3 is 2.47 bits per heavy atom. The van der Waals surface area contributed by atoms with Gasteiger partial charge in [0.1, 0.15) is 17.3 Å². The van der Waals surface area contributed by atoms with E-state index in [9.17, 15) is 28.1 Å². The summed E-state index contributed by atoms with van der Waals surface area (Å²) in [6.45, 7) is 0.533. The van der Waals surface area contributed by atoms with Gasteiger partial charge in [0.25, 0.3) is 0 Å². The van der Waals surface area contributed by atoms with E-state index in [4.69, 9.17) is 34.8 Å². The molecule has 0 saturated carbocycles. The van der Waals surface area contributed by atoms with Crippen LogP contribution in [0.2, 0.25) is 15.1 Å². The predicted octanol–water partition coefficient (Wildman–Crippen LogP) is 4.96. The number of amides is 1. The molecule has 1 N–H and O–H groups in total. The van der Waals surface area contributed by atoms with Crippen LogP contribution < -0.4 is 5.32 Å². The van der Waals surface area contributed by atoms with Crippen molar-refractivity contribution >= 4 is 52.2 Å². The summed E-state index contributed by atoms with van der Waals surface area (Å²) in [7, 11) is 0. The number of aromatic nitrogens is 4. The second kappa shape index (κ2) is 8.96. The van der Waals surface area contributed by atoms with Crippen LogP contribution in [0, 0.1) is 17.0 Å². The lowest BCUT2D eigenvalue weighted by Crippen LogP contribution is -2.21. The lowest BCUT2D eigenvalue weighted by Gasteiger charge is -2.06. The summed E-state index contributed by atoms with van der Waals surface area (Å²) >= 11 is 18.0. The summed E-state index contributed by atoms with van der Waals surface area (Å²) in [5, 5.41) is 21.6.